The summed E-state index contributed by atoms with van der Waals surface area (Å²) in [7, 11) is 0. The number of benzene rings is 8. The summed E-state index contributed by atoms with van der Waals surface area (Å²) in [5.41, 5.74) is 11.5. The predicted octanol–water partition coefficient (Wildman–Crippen LogP) is 13.3. The van der Waals surface area contributed by atoms with Crippen LogP contribution in [0.15, 0.2) is 188 Å². The molecule has 0 amide bonds. The fraction of sp³-hybridized carbons (Fsp3) is 0. The first-order chi connectivity index (χ1) is 25.3. The van der Waals surface area contributed by atoms with Crippen LogP contribution in [0.1, 0.15) is 0 Å². The molecule has 0 unspecified atom stereocenters. The number of hydrogen-bond donors (Lipinski definition) is 0. The van der Waals surface area contributed by atoms with E-state index in [9.17, 15) is 0 Å². The van der Waals surface area contributed by atoms with Crippen molar-refractivity contribution in [3.63, 3.8) is 0 Å². The first-order valence-electron chi connectivity index (χ1n) is 17.3. The number of nitrogens with zero attached hydrogens (tertiary/aromatic N) is 1. The molecule has 0 bridgehead atoms. The van der Waals surface area contributed by atoms with Gasteiger partial charge < -0.3 is 14.0 Å². The molecule has 51 heavy (non-hydrogen) atoms. The Kier molecular flexibility index (Phi) is 6.81. The maximum absolute atomic E-state index is 7.18. The van der Waals surface area contributed by atoms with Crippen molar-refractivity contribution in [2.75, 3.05) is 0 Å². The summed E-state index contributed by atoms with van der Waals surface area (Å²) < 4.78 is 16.6. The van der Waals surface area contributed by atoms with Crippen LogP contribution in [0.3, 0.4) is 0 Å². The predicted molar refractivity (Wildman–Crippen MR) is 209 cm³/mol. The van der Waals surface area contributed by atoms with Gasteiger partial charge >= 0.3 is 0 Å². The molecule has 1 aliphatic rings. The van der Waals surface area contributed by atoms with Crippen molar-refractivity contribution in [3.8, 4) is 73.2 Å². The summed E-state index contributed by atoms with van der Waals surface area (Å²) in [6.45, 7) is 0. The van der Waals surface area contributed by atoms with Crippen molar-refractivity contribution in [2.24, 2.45) is 0 Å². The Morgan fingerprint density at radius 1 is 0.333 bits per heavy atom. The van der Waals surface area contributed by atoms with E-state index < -0.39 is 0 Å². The Morgan fingerprint density at radius 3 is 1.67 bits per heavy atom. The quantitative estimate of drug-likeness (QED) is 0.189. The van der Waals surface area contributed by atoms with Crippen LogP contribution in [0.5, 0.6) is 23.0 Å². The van der Waals surface area contributed by atoms with Gasteiger partial charge in [-0.2, -0.15) is 0 Å². The number of para-hydroxylation sites is 6. The van der Waals surface area contributed by atoms with Gasteiger partial charge in [-0.25, -0.2) is 0 Å². The van der Waals surface area contributed by atoms with Crippen molar-refractivity contribution in [1.82, 2.24) is 4.57 Å². The maximum atomic E-state index is 7.18. The van der Waals surface area contributed by atoms with Crippen LogP contribution in [-0.4, -0.2) is 4.57 Å². The number of aromatic nitrogens is 1. The van der Waals surface area contributed by atoms with Crippen LogP contribution in [-0.2, 0) is 0 Å². The van der Waals surface area contributed by atoms with Gasteiger partial charge in [0.2, 0.25) is 0 Å². The summed E-state index contributed by atoms with van der Waals surface area (Å²) in [5, 5.41) is 2.40. The molecule has 3 heteroatoms. The molecule has 0 spiro atoms. The van der Waals surface area contributed by atoms with Gasteiger partial charge in [-0.15, -0.1) is 0 Å². The fourth-order valence-corrected chi connectivity index (χ4v) is 7.67. The smallest absolute Gasteiger partial charge is 0.143 e. The van der Waals surface area contributed by atoms with E-state index >= 15 is 0 Å². The van der Waals surface area contributed by atoms with Crippen molar-refractivity contribution in [2.45, 2.75) is 0 Å². The standard InChI is InChI=1S/C48H31NO2/c1-3-16-32(17-4-1)34-23-13-27-41-46-38(40-26-14-25-39-35-20-7-10-28-42(35)49(47(39)40)33-18-5-2-6-19-33)24-15-31-45(46)50-43-29-11-8-21-36(43)37-22-9-12-30-44(37)51-48(34)41/h1-31H. The van der Waals surface area contributed by atoms with Crippen molar-refractivity contribution >= 4 is 21.8 Å². The average molecular weight is 654 g/mol. The minimum atomic E-state index is 0.758. The second kappa shape index (κ2) is 11.9. The van der Waals surface area contributed by atoms with Gasteiger partial charge in [-0.05, 0) is 47.5 Å². The number of ether oxygens (including phenoxy) is 2. The molecule has 0 atom stereocenters. The first-order valence-corrected chi connectivity index (χ1v) is 17.3. The van der Waals surface area contributed by atoms with E-state index in [1.54, 1.807) is 0 Å². The second-order valence-electron chi connectivity index (χ2n) is 12.8. The van der Waals surface area contributed by atoms with E-state index in [0.717, 1.165) is 84.2 Å². The van der Waals surface area contributed by atoms with Crippen LogP contribution < -0.4 is 9.47 Å². The van der Waals surface area contributed by atoms with Gasteiger partial charge in [0.1, 0.15) is 23.0 Å². The Balaban J connectivity index is 1.34. The van der Waals surface area contributed by atoms with E-state index in [-0.39, 0.29) is 0 Å². The Labute approximate surface area is 296 Å². The highest BCUT2D eigenvalue weighted by Crippen LogP contribution is 2.53. The molecule has 0 saturated carbocycles. The van der Waals surface area contributed by atoms with Gasteiger partial charge in [0.15, 0.2) is 0 Å². The molecule has 2 heterocycles. The van der Waals surface area contributed by atoms with E-state index in [0.29, 0.717) is 0 Å². The summed E-state index contributed by atoms with van der Waals surface area (Å²) in [5.74, 6) is 3.08. The molecule has 240 valence electrons. The largest absolute Gasteiger partial charge is 0.456 e. The summed E-state index contributed by atoms with van der Waals surface area (Å²) in [6, 6.07) is 65.7. The van der Waals surface area contributed by atoms with Crippen molar-refractivity contribution in [3.05, 3.63) is 188 Å². The van der Waals surface area contributed by atoms with Crippen LogP contribution in [0, 0.1) is 0 Å². The lowest BCUT2D eigenvalue weighted by Crippen LogP contribution is -2.01. The van der Waals surface area contributed by atoms with Gasteiger partial charge in [0.05, 0.1) is 11.0 Å². The fourth-order valence-electron chi connectivity index (χ4n) is 7.67. The highest BCUT2D eigenvalue weighted by atomic mass is 16.5. The van der Waals surface area contributed by atoms with Crippen LogP contribution in [0.25, 0.3) is 72.0 Å². The topological polar surface area (TPSA) is 23.4 Å². The SMILES string of the molecule is c1ccc(-c2cccc3c2Oc2ccccc2-c2ccccc2Oc2cccc(-c4cccc5c6ccccc6n(-c6ccccc6)c45)c2-3)cc1. The maximum Gasteiger partial charge on any atom is 0.143 e. The van der Waals surface area contributed by atoms with E-state index in [1.807, 2.05) is 36.4 Å². The molecule has 3 nitrogen and oxygen atoms in total. The molecule has 0 N–H and O–H groups in total. The Morgan fingerprint density at radius 2 is 0.863 bits per heavy atom. The number of hydrogen-bond acceptors (Lipinski definition) is 2. The third kappa shape index (κ3) is 4.74. The minimum Gasteiger partial charge on any atom is -0.456 e. The molecular formula is C48H31NO2. The van der Waals surface area contributed by atoms with E-state index in [4.69, 9.17) is 9.47 Å². The summed E-state index contributed by atoms with van der Waals surface area (Å²) in [4.78, 5) is 0. The number of fused-ring (bicyclic) bond motifs is 9. The molecule has 10 rings (SSSR count). The van der Waals surface area contributed by atoms with Crippen LogP contribution >= 0.6 is 0 Å². The molecule has 0 radical (unpaired) electrons. The highest BCUT2D eigenvalue weighted by molar-refractivity contribution is 6.15. The summed E-state index contributed by atoms with van der Waals surface area (Å²) in [6.07, 6.45) is 0. The average Bonchev–Trinajstić information content (AvgIpc) is 3.54. The normalized spacial score (nSPS) is 11.8. The molecule has 0 saturated heterocycles. The third-order valence-electron chi connectivity index (χ3n) is 9.89. The lowest BCUT2D eigenvalue weighted by Gasteiger charge is -2.25. The number of rotatable bonds is 3. The first kappa shape index (κ1) is 29.1. The monoisotopic (exact) mass is 653 g/mol. The van der Waals surface area contributed by atoms with Gasteiger partial charge in [-0.3, -0.25) is 0 Å². The molecule has 0 fully saturated rings. The third-order valence-corrected chi connectivity index (χ3v) is 9.89. The molecular weight excluding hydrogens is 623 g/mol. The van der Waals surface area contributed by atoms with Crippen LogP contribution in [0.4, 0.5) is 0 Å². The van der Waals surface area contributed by atoms with Gasteiger partial charge in [-0.1, -0.05) is 152 Å². The zero-order valence-electron chi connectivity index (χ0n) is 27.7. The van der Waals surface area contributed by atoms with Gasteiger partial charge in [0, 0.05) is 49.8 Å². The van der Waals surface area contributed by atoms with E-state index in [2.05, 4.69) is 156 Å². The summed E-state index contributed by atoms with van der Waals surface area (Å²) >= 11 is 0. The zero-order valence-corrected chi connectivity index (χ0v) is 27.7. The van der Waals surface area contributed by atoms with Crippen molar-refractivity contribution in [1.29, 1.82) is 0 Å². The molecule has 0 aliphatic carbocycles. The second-order valence-corrected chi connectivity index (χ2v) is 12.8. The van der Waals surface area contributed by atoms with E-state index in [1.165, 1.54) is 10.8 Å². The molecule has 8 aromatic carbocycles. The van der Waals surface area contributed by atoms with Gasteiger partial charge in [0.25, 0.3) is 0 Å². The molecule has 1 aliphatic heterocycles. The Bertz CT molecular complexity index is 2740. The molecule has 9 aromatic rings. The molecule has 1 aromatic heterocycles. The van der Waals surface area contributed by atoms with Crippen LogP contribution in [0.2, 0.25) is 0 Å². The zero-order chi connectivity index (χ0) is 33.7. The minimum absolute atomic E-state index is 0.758. The lowest BCUT2D eigenvalue weighted by molar-refractivity contribution is 0.473. The highest BCUT2D eigenvalue weighted by Gasteiger charge is 2.26. The lowest BCUT2D eigenvalue weighted by atomic mass is 9.89. The Hall–Kier alpha value is -6.84. The van der Waals surface area contributed by atoms with Crippen molar-refractivity contribution < 1.29 is 9.47 Å².